The number of benzene rings is 2. The smallest absolute Gasteiger partial charge is 0.255 e. The summed E-state index contributed by atoms with van der Waals surface area (Å²) in [6.07, 6.45) is 12.8. The van der Waals surface area contributed by atoms with Crippen molar-refractivity contribution in [3.63, 3.8) is 0 Å². The van der Waals surface area contributed by atoms with E-state index in [4.69, 9.17) is 4.98 Å². The van der Waals surface area contributed by atoms with Crippen LogP contribution in [0.25, 0.3) is 38.5 Å². The topological polar surface area (TPSA) is 21.2 Å². The van der Waals surface area contributed by atoms with E-state index in [1.165, 1.54) is 95.4 Å². The zero-order chi connectivity index (χ0) is 22.1. The van der Waals surface area contributed by atoms with Crippen LogP contribution < -0.4 is 4.57 Å². The second-order valence-electron chi connectivity index (χ2n) is 10.5. The summed E-state index contributed by atoms with van der Waals surface area (Å²) in [5, 5.41) is 2.65. The molecular formula is C30H32N3+. The van der Waals surface area contributed by atoms with Gasteiger partial charge in [0.15, 0.2) is 11.0 Å². The second-order valence-corrected chi connectivity index (χ2v) is 10.5. The summed E-state index contributed by atoms with van der Waals surface area (Å²) < 4.78 is 4.96. The van der Waals surface area contributed by atoms with Crippen molar-refractivity contribution in [1.82, 2.24) is 9.38 Å². The molecule has 0 saturated heterocycles. The summed E-state index contributed by atoms with van der Waals surface area (Å²) in [5.74, 6) is 1.37. The molecule has 0 aliphatic heterocycles. The summed E-state index contributed by atoms with van der Waals surface area (Å²) in [5.41, 5.74) is 10.9. The average Bonchev–Trinajstić information content (AvgIpc) is 3.61. The molecular weight excluding hydrogens is 402 g/mol. The molecule has 0 unspecified atom stereocenters. The first-order valence-corrected chi connectivity index (χ1v) is 12.9. The normalized spacial score (nSPS) is 18.0. The maximum atomic E-state index is 5.04. The molecule has 3 aromatic heterocycles. The van der Waals surface area contributed by atoms with Crippen molar-refractivity contribution in [3.8, 4) is 0 Å². The molecule has 7 rings (SSSR count). The number of imidazole rings is 1. The lowest BCUT2D eigenvalue weighted by molar-refractivity contribution is -0.617. The summed E-state index contributed by atoms with van der Waals surface area (Å²) in [4.78, 5) is 5.04. The van der Waals surface area contributed by atoms with Gasteiger partial charge in [-0.25, -0.2) is 4.57 Å². The molecule has 3 nitrogen and oxygen atoms in total. The molecule has 0 bridgehead atoms. The third kappa shape index (κ3) is 2.74. The SMILES string of the molecule is Cc1ccnc2c3cc(C4CCCC4)cc(C4CCCC4)c3n3c4ccccc4[n+](C)c3c12. The lowest BCUT2D eigenvalue weighted by atomic mass is 9.87. The van der Waals surface area contributed by atoms with Gasteiger partial charge in [-0.15, -0.1) is 0 Å². The van der Waals surface area contributed by atoms with Gasteiger partial charge in [-0.2, -0.15) is 4.40 Å². The Morgan fingerprint density at radius 2 is 1.64 bits per heavy atom. The minimum absolute atomic E-state index is 0.658. The molecule has 0 atom stereocenters. The zero-order valence-corrected chi connectivity index (χ0v) is 19.8. The van der Waals surface area contributed by atoms with Crippen LogP contribution in [-0.2, 0) is 7.05 Å². The molecule has 166 valence electrons. The highest BCUT2D eigenvalue weighted by Crippen LogP contribution is 2.44. The fourth-order valence-electron chi connectivity index (χ4n) is 7.02. The summed E-state index contributed by atoms with van der Waals surface area (Å²) >= 11 is 0. The van der Waals surface area contributed by atoms with E-state index in [9.17, 15) is 0 Å². The molecule has 2 saturated carbocycles. The molecule has 5 aromatic rings. The maximum absolute atomic E-state index is 5.04. The Morgan fingerprint density at radius 1 is 0.909 bits per heavy atom. The fraction of sp³-hybridized carbons (Fsp3) is 0.400. The molecule has 2 aromatic carbocycles. The van der Waals surface area contributed by atoms with Crippen LogP contribution in [0.3, 0.4) is 0 Å². The van der Waals surface area contributed by atoms with Crippen molar-refractivity contribution < 1.29 is 4.57 Å². The molecule has 33 heavy (non-hydrogen) atoms. The average molecular weight is 435 g/mol. The molecule has 0 amide bonds. The van der Waals surface area contributed by atoms with Crippen LogP contribution in [0, 0.1) is 6.92 Å². The van der Waals surface area contributed by atoms with Gasteiger partial charge in [0.05, 0.1) is 18.0 Å². The quantitative estimate of drug-likeness (QED) is 0.212. The number of hydrogen-bond acceptors (Lipinski definition) is 1. The van der Waals surface area contributed by atoms with Crippen molar-refractivity contribution >= 4 is 38.5 Å². The summed E-state index contributed by atoms with van der Waals surface area (Å²) in [6.45, 7) is 2.24. The Kier molecular flexibility index (Phi) is 4.31. The predicted molar refractivity (Wildman–Crippen MR) is 136 cm³/mol. The Balaban J connectivity index is 1.75. The third-order valence-corrected chi connectivity index (χ3v) is 8.66. The molecule has 2 aliphatic carbocycles. The van der Waals surface area contributed by atoms with Crippen LogP contribution >= 0.6 is 0 Å². The highest BCUT2D eigenvalue weighted by molar-refractivity contribution is 6.12. The van der Waals surface area contributed by atoms with Crippen LogP contribution in [0.2, 0.25) is 0 Å². The van der Waals surface area contributed by atoms with E-state index in [-0.39, 0.29) is 0 Å². The number of fused-ring (bicyclic) bond motifs is 8. The van der Waals surface area contributed by atoms with Gasteiger partial charge < -0.3 is 0 Å². The fourth-order valence-corrected chi connectivity index (χ4v) is 7.02. The van der Waals surface area contributed by atoms with Gasteiger partial charge >= 0.3 is 0 Å². The minimum atomic E-state index is 0.658. The van der Waals surface area contributed by atoms with E-state index < -0.39 is 0 Å². The van der Waals surface area contributed by atoms with Gasteiger partial charge in [0.2, 0.25) is 0 Å². The van der Waals surface area contributed by atoms with Crippen molar-refractivity contribution in [2.45, 2.75) is 70.1 Å². The Hall–Kier alpha value is -2.94. The molecule has 0 radical (unpaired) electrons. The minimum Gasteiger partial charge on any atom is -0.255 e. The third-order valence-electron chi connectivity index (χ3n) is 8.66. The zero-order valence-electron chi connectivity index (χ0n) is 19.8. The molecule has 2 fully saturated rings. The van der Waals surface area contributed by atoms with Crippen LogP contribution in [0.5, 0.6) is 0 Å². The van der Waals surface area contributed by atoms with Crippen LogP contribution in [0.4, 0.5) is 0 Å². The Bertz CT molecular complexity index is 1550. The molecule has 2 aliphatic rings. The van der Waals surface area contributed by atoms with E-state index >= 15 is 0 Å². The lowest BCUT2D eigenvalue weighted by Crippen LogP contribution is -2.27. The van der Waals surface area contributed by atoms with Crippen LogP contribution in [0.15, 0.2) is 48.7 Å². The lowest BCUT2D eigenvalue weighted by Gasteiger charge is -2.18. The highest BCUT2D eigenvalue weighted by atomic mass is 15.1. The molecule has 3 heterocycles. The molecule has 0 N–H and O–H groups in total. The first-order chi connectivity index (χ1) is 16.2. The number of nitrogens with zero attached hydrogens (tertiary/aromatic N) is 3. The standard InChI is InChI=1S/C30H32N3/c1-19-15-16-31-28-24-18-22(20-9-3-4-10-20)17-23(21-11-5-6-12-21)29(24)33-26-14-8-7-13-25(26)32(2)30(33)27(19)28/h7-8,13-18,20-21H,3-6,9-12H2,1-2H3/q+1. The first-order valence-electron chi connectivity index (χ1n) is 12.9. The van der Waals surface area contributed by atoms with Gasteiger partial charge in [0, 0.05) is 17.1 Å². The number of aryl methyl sites for hydroxylation is 2. The van der Waals surface area contributed by atoms with Crippen molar-refractivity contribution in [1.29, 1.82) is 0 Å². The van der Waals surface area contributed by atoms with E-state index in [0.29, 0.717) is 11.8 Å². The predicted octanol–water partition coefficient (Wildman–Crippen LogP) is 7.24. The summed E-state index contributed by atoms with van der Waals surface area (Å²) in [6, 6.07) is 16.2. The van der Waals surface area contributed by atoms with E-state index in [0.717, 1.165) is 0 Å². The van der Waals surface area contributed by atoms with E-state index in [1.54, 1.807) is 11.1 Å². The van der Waals surface area contributed by atoms with Crippen LogP contribution in [-0.4, -0.2) is 9.38 Å². The van der Waals surface area contributed by atoms with E-state index in [2.05, 4.69) is 65.4 Å². The van der Waals surface area contributed by atoms with Gasteiger partial charge in [0.1, 0.15) is 5.52 Å². The number of hydrogen-bond donors (Lipinski definition) is 0. The Labute approximate surface area is 195 Å². The largest absolute Gasteiger partial charge is 0.297 e. The van der Waals surface area contributed by atoms with Gasteiger partial charge in [-0.05, 0) is 79.8 Å². The second kappa shape index (κ2) is 7.28. The summed E-state index contributed by atoms with van der Waals surface area (Å²) in [7, 11) is 2.22. The molecule has 0 spiro atoms. The monoisotopic (exact) mass is 434 g/mol. The number of pyridine rings is 2. The number of para-hydroxylation sites is 2. The number of aromatic nitrogens is 3. The Morgan fingerprint density at radius 3 is 2.42 bits per heavy atom. The molecule has 3 heteroatoms. The first kappa shape index (κ1) is 19.5. The van der Waals surface area contributed by atoms with Gasteiger partial charge in [-0.1, -0.05) is 43.9 Å². The highest BCUT2D eigenvalue weighted by Gasteiger charge is 2.31. The van der Waals surface area contributed by atoms with E-state index in [1.807, 2.05) is 6.20 Å². The van der Waals surface area contributed by atoms with Crippen molar-refractivity contribution in [2.75, 3.05) is 0 Å². The van der Waals surface area contributed by atoms with Crippen molar-refractivity contribution in [3.05, 3.63) is 65.4 Å². The maximum Gasteiger partial charge on any atom is 0.297 e. The van der Waals surface area contributed by atoms with Crippen LogP contribution in [0.1, 0.15) is 79.9 Å². The van der Waals surface area contributed by atoms with Crippen molar-refractivity contribution in [2.24, 2.45) is 7.05 Å². The number of rotatable bonds is 2. The van der Waals surface area contributed by atoms with Gasteiger partial charge in [0.25, 0.3) is 5.65 Å². The van der Waals surface area contributed by atoms with Gasteiger partial charge in [-0.3, -0.25) is 4.98 Å².